The van der Waals surface area contributed by atoms with Gasteiger partial charge in [-0.25, -0.2) is 8.42 Å². The van der Waals surface area contributed by atoms with Crippen molar-refractivity contribution in [1.29, 1.82) is 0 Å². The molecule has 7 nitrogen and oxygen atoms in total. The van der Waals surface area contributed by atoms with Crippen molar-refractivity contribution in [3.8, 4) is 0 Å². The summed E-state index contributed by atoms with van der Waals surface area (Å²) < 4.78 is 28.7. The van der Waals surface area contributed by atoms with Gasteiger partial charge >= 0.3 is 0 Å². The number of amides is 2. The van der Waals surface area contributed by atoms with Crippen LogP contribution < -0.4 is 9.62 Å². The molecule has 0 heterocycles. The van der Waals surface area contributed by atoms with E-state index in [1.165, 1.54) is 23.1 Å². The minimum absolute atomic E-state index is 0.00349. The Bertz CT molecular complexity index is 1390. The van der Waals surface area contributed by atoms with Crippen molar-refractivity contribution in [2.75, 3.05) is 17.4 Å². The molecule has 0 spiro atoms. The average Bonchev–Trinajstić information content (AvgIpc) is 2.96. The van der Waals surface area contributed by atoms with E-state index in [9.17, 15) is 18.0 Å². The zero-order valence-electron chi connectivity index (χ0n) is 22.9. The number of nitrogens with zero attached hydrogens (tertiary/aromatic N) is 2. The number of benzene rings is 3. The molecule has 1 N–H and O–H groups in total. The molecule has 0 radical (unpaired) electrons. The van der Waals surface area contributed by atoms with E-state index in [1.54, 1.807) is 30.3 Å². The SMILES string of the molecule is CC[C@@H](C)NC(=O)[C@H](CC)N(CCc1ccccc1)C(=O)CN(c1cccc(Cl)c1Cl)S(=O)(=O)c1ccccc1. The number of carbonyl (C=O) groups excluding carboxylic acids is 2. The largest absolute Gasteiger partial charge is 0.352 e. The Balaban J connectivity index is 2.04. The maximum Gasteiger partial charge on any atom is 0.264 e. The van der Waals surface area contributed by atoms with Gasteiger partial charge < -0.3 is 10.2 Å². The fourth-order valence-corrected chi connectivity index (χ4v) is 6.15. The Hall–Kier alpha value is -3.07. The molecule has 0 saturated carbocycles. The van der Waals surface area contributed by atoms with Crippen LogP contribution in [0.3, 0.4) is 0 Å². The maximum atomic E-state index is 14.0. The van der Waals surface area contributed by atoms with Crippen LogP contribution in [-0.4, -0.2) is 50.3 Å². The number of carbonyl (C=O) groups is 2. The number of hydrogen-bond acceptors (Lipinski definition) is 4. The van der Waals surface area contributed by atoms with Crippen LogP contribution in [0.25, 0.3) is 0 Å². The van der Waals surface area contributed by atoms with Gasteiger partial charge in [-0.1, -0.05) is 91.6 Å². The molecule has 10 heteroatoms. The first-order chi connectivity index (χ1) is 19.1. The van der Waals surface area contributed by atoms with Crippen LogP contribution in [0.5, 0.6) is 0 Å². The molecule has 2 amide bonds. The van der Waals surface area contributed by atoms with Gasteiger partial charge in [0.25, 0.3) is 10.0 Å². The number of sulfonamides is 1. The molecule has 3 rings (SSSR count). The third-order valence-electron chi connectivity index (χ3n) is 6.68. The first-order valence-corrected chi connectivity index (χ1v) is 15.4. The minimum Gasteiger partial charge on any atom is -0.352 e. The van der Waals surface area contributed by atoms with E-state index < -0.39 is 28.5 Å². The number of anilines is 1. The van der Waals surface area contributed by atoms with E-state index in [-0.39, 0.29) is 39.1 Å². The number of rotatable bonds is 13. The molecule has 0 aliphatic rings. The topological polar surface area (TPSA) is 86.8 Å². The molecule has 0 saturated heterocycles. The van der Waals surface area contributed by atoms with Crippen LogP contribution in [0, 0.1) is 0 Å². The van der Waals surface area contributed by atoms with Gasteiger partial charge in [-0.15, -0.1) is 0 Å². The van der Waals surface area contributed by atoms with Crippen molar-refractivity contribution >= 4 is 50.7 Å². The lowest BCUT2D eigenvalue weighted by Crippen LogP contribution is -2.54. The number of hydrogen-bond donors (Lipinski definition) is 1. The first kappa shape index (κ1) is 31.5. The van der Waals surface area contributed by atoms with Gasteiger partial charge in [0.05, 0.1) is 20.6 Å². The summed E-state index contributed by atoms with van der Waals surface area (Å²) in [4.78, 5) is 28.8. The normalized spacial score (nSPS) is 12.8. The zero-order chi connectivity index (χ0) is 29.3. The van der Waals surface area contributed by atoms with E-state index in [2.05, 4.69) is 5.32 Å². The fraction of sp³-hybridized carbons (Fsp3) is 0.333. The van der Waals surface area contributed by atoms with Gasteiger partial charge in [-0.3, -0.25) is 13.9 Å². The predicted octanol–water partition coefficient (Wildman–Crippen LogP) is 5.95. The highest BCUT2D eigenvalue weighted by atomic mass is 35.5. The minimum atomic E-state index is -4.22. The average molecular weight is 605 g/mol. The molecular formula is C30H35Cl2N3O4S. The Morgan fingerprint density at radius 1 is 0.875 bits per heavy atom. The van der Waals surface area contributed by atoms with Crippen molar-refractivity contribution in [2.45, 2.75) is 57.0 Å². The highest BCUT2D eigenvalue weighted by molar-refractivity contribution is 7.92. The van der Waals surface area contributed by atoms with Gasteiger partial charge in [0.2, 0.25) is 11.8 Å². The van der Waals surface area contributed by atoms with Gasteiger partial charge in [-0.05, 0) is 56.0 Å². The summed E-state index contributed by atoms with van der Waals surface area (Å²) in [5, 5.41) is 3.13. The molecular weight excluding hydrogens is 569 g/mol. The van der Waals surface area contributed by atoms with Crippen molar-refractivity contribution in [3.63, 3.8) is 0 Å². The third kappa shape index (κ3) is 7.77. The van der Waals surface area contributed by atoms with Crippen molar-refractivity contribution in [3.05, 3.63) is 94.5 Å². The Labute approximate surface area is 247 Å². The first-order valence-electron chi connectivity index (χ1n) is 13.3. The molecule has 3 aromatic rings. The molecule has 0 aromatic heterocycles. The van der Waals surface area contributed by atoms with Crippen LogP contribution in [0.4, 0.5) is 5.69 Å². The summed E-state index contributed by atoms with van der Waals surface area (Å²) in [6, 6.07) is 21.2. The summed E-state index contributed by atoms with van der Waals surface area (Å²) in [5.41, 5.74) is 1.07. The number of nitrogens with one attached hydrogen (secondary N) is 1. The van der Waals surface area contributed by atoms with Gasteiger partial charge in [-0.2, -0.15) is 0 Å². The van der Waals surface area contributed by atoms with Crippen LogP contribution >= 0.6 is 23.2 Å². The van der Waals surface area contributed by atoms with Crippen LogP contribution in [0.2, 0.25) is 10.0 Å². The molecule has 40 heavy (non-hydrogen) atoms. The van der Waals surface area contributed by atoms with E-state index in [0.717, 1.165) is 16.3 Å². The summed E-state index contributed by atoms with van der Waals surface area (Å²) in [6.45, 7) is 5.34. The highest BCUT2D eigenvalue weighted by Gasteiger charge is 2.34. The van der Waals surface area contributed by atoms with E-state index in [1.807, 2.05) is 51.1 Å². The standard InChI is InChI=1S/C30H35Cl2N3O4S/c1-4-22(3)33-30(37)26(5-2)34(20-19-23-13-8-6-9-14-23)28(36)21-35(27-18-12-17-25(31)29(27)32)40(38,39)24-15-10-7-11-16-24/h6-18,22,26H,4-5,19-21H2,1-3H3,(H,33,37)/t22-,26+/m1/s1. The second kappa shape index (κ2) is 14.5. The van der Waals surface area contributed by atoms with Crippen molar-refractivity contribution < 1.29 is 18.0 Å². The van der Waals surface area contributed by atoms with Crippen LogP contribution in [0.1, 0.15) is 39.2 Å². The van der Waals surface area contributed by atoms with E-state index >= 15 is 0 Å². The van der Waals surface area contributed by atoms with Crippen LogP contribution in [0.15, 0.2) is 83.8 Å². The Kier molecular flexibility index (Phi) is 11.4. The smallest absolute Gasteiger partial charge is 0.264 e. The van der Waals surface area contributed by atoms with E-state index in [0.29, 0.717) is 12.8 Å². The molecule has 0 aliphatic carbocycles. The van der Waals surface area contributed by atoms with Gasteiger partial charge in [0.15, 0.2) is 0 Å². The Morgan fingerprint density at radius 2 is 1.50 bits per heavy atom. The monoisotopic (exact) mass is 603 g/mol. The van der Waals surface area contributed by atoms with Crippen molar-refractivity contribution in [2.24, 2.45) is 0 Å². The molecule has 0 aliphatic heterocycles. The molecule has 0 bridgehead atoms. The third-order valence-corrected chi connectivity index (χ3v) is 9.26. The molecule has 0 unspecified atom stereocenters. The Morgan fingerprint density at radius 3 is 2.10 bits per heavy atom. The summed E-state index contributed by atoms with van der Waals surface area (Å²) >= 11 is 12.7. The zero-order valence-corrected chi connectivity index (χ0v) is 25.2. The summed E-state index contributed by atoms with van der Waals surface area (Å²) in [5.74, 6) is -0.811. The second-order valence-corrected chi connectivity index (χ2v) is 12.1. The van der Waals surface area contributed by atoms with Gasteiger partial charge in [0, 0.05) is 12.6 Å². The summed E-state index contributed by atoms with van der Waals surface area (Å²) in [6.07, 6.45) is 1.58. The fourth-order valence-electron chi connectivity index (χ4n) is 4.26. The molecule has 2 atom stereocenters. The van der Waals surface area contributed by atoms with Crippen molar-refractivity contribution in [1.82, 2.24) is 10.2 Å². The lowest BCUT2D eigenvalue weighted by atomic mass is 10.1. The molecule has 0 fully saturated rings. The molecule has 214 valence electrons. The quantitative estimate of drug-likeness (QED) is 0.261. The summed E-state index contributed by atoms with van der Waals surface area (Å²) in [7, 11) is -4.22. The van der Waals surface area contributed by atoms with E-state index in [4.69, 9.17) is 23.2 Å². The number of halogens is 2. The highest BCUT2D eigenvalue weighted by Crippen LogP contribution is 2.35. The van der Waals surface area contributed by atoms with Gasteiger partial charge in [0.1, 0.15) is 12.6 Å². The van der Waals surface area contributed by atoms with Crippen LogP contribution in [-0.2, 0) is 26.0 Å². The predicted molar refractivity (Wildman–Crippen MR) is 161 cm³/mol. The lowest BCUT2D eigenvalue weighted by Gasteiger charge is -2.34. The lowest BCUT2D eigenvalue weighted by molar-refractivity contribution is -0.139. The molecule has 3 aromatic carbocycles. The second-order valence-electron chi connectivity index (χ2n) is 9.46. The maximum absolute atomic E-state index is 14.0.